The minimum absolute atomic E-state index is 0.114. The van der Waals surface area contributed by atoms with Gasteiger partial charge in [-0.3, -0.25) is 4.79 Å². The highest BCUT2D eigenvalue weighted by atomic mass is 35.7. The molecule has 0 aromatic carbocycles. The SMILES string of the molecule is C[C@H]1CCCN(C(=O)c2ccc[n+]([O-])c2S(=O)(=O)Cl)C1. The predicted octanol–water partition coefficient (Wildman–Crippen LogP) is 1.12. The number of nitrogens with zero attached hydrogens (tertiary/aromatic N) is 2. The number of pyridine rings is 1. The van der Waals surface area contributed by atoms with Crippen molar-refractivity contribution in [1.29, 1.82) is 0 Å². The highest BCUT2D eigenvalue weighted by Gasteiger charge is 2.33. The third-order valence-corrected chi connectivity index (χ3v) is 4.62. The summed E-state index contributed by atoms with van der Waals surface area (Å²) in [6, 6.07) is 2.64. The summed E-state index contributed by atoms with van der Waals surface area (Å²) in [5.74, 6) is -0.118. The van der Waals surface area contributed by atoms with E-state index < -0.39 is 20.0 Å². The quantitative estimate of drug-likeness (QED) is 0.465. The minimum atomic E-state index is -4.29. The lowest BCUT2D eigenvalue weighted by Gasteiger charge is -2.30. The zero-order valence-electron chi connectivity index (χ0n) is 11.0. The molecule has 1 aliphatic rings. The predicted molar refractivity (Wildman–Crippen MR) is 72.7 cm³/mol. The summed E-state index contributed by atoms with van der Waals surface area (Å²) in [4.78, 5) is 14.0. The molecule has 1 aromatic rings. The smallest absolute Gasteiger partial charge is 0.336 e. The molecule has 6 nitrogen and oxygen atoms in total. The number of halogens is 1. The van der Waals surface area contributed by atoms with Gasteiger partial charge in [0.2, 0.25) is 0 Å². The van der Waals surface area contributed by atoms with Crippen LogP contribution < -0.4 is 4.73 Å². The molecule has 2 rings (SSSR count). The van der Waals surface area contributed by atoms with Crippen LogP contribution in [-0.2, 0) is 9.05 Å². The van der Waals surface area contributed by atoms with Gasteiger partial charge in [-0.15, -0.1) is 0 Å². The number of amides is 1. The van der Waals surface area contributed by atoms with E-state index in [0.29, 0.717) is 19.0 Å². The third kappa shape index (κ3) is 3.04. The molecule has 1 fully saturated rings. The molecule has 0 N–H and O–H groups in total. The Hall–Kier alpha value is -1.34. The molecule has 0 bridgehead atoms. The number of hydrogen-bond acceptors (Lipinski definition) is 4. The molecule has 0 spiro atoms. The second-order valence-electron chi connectivity index (χ2n) is 4.99. The molecule has 1 aromatic heterocycles. The van der Waals surface area contributed by atoms with Gasteiger partial charge in [0.25, 0.3) is 5.91 Å². The first-order valence-corrected chi connectivity index (χ1v) is 8.57. The maximum atomic E-state index is 12.4. The van der Waals surface area contributed by atoms with Crippen LogP contribution in [0.5, 0.6) is 0 Å². The van der Waals surface area contributed by atoms with Crippen molar-refractivity contribution < 1.29 is 17.9 Å². The number of rotatable bonds is 2. The fraction of sp³-hybridized carbons (Fsp3) is 0.500. The van der Waals surface area contributed by atoms with Gasteiger partial charge in [-0.25, -0.2) is 8.42 Å². The van der Waals surface area contributed by atoms with E-state index in [1.165, 1.54) is 12.1 Å². The molecule has 0 aliphatic carbocycles. The summed E-state index contributed by atoms with van der Waals surface area (Å²) in [6.45, 7) is 3.13. The first-order chi connectivity index (χ1) is 9.30. The van der Waals surface area contributed by atoms with Crippen molar-refractivity contribution >= 4 is 25.6 Å². The van der Waals surface area contributed by atoms with Gasteiger partial charge in [0.1, 0.15) is 5.56 Å². The molecule has 1 aliphatic heterocycles. The van der Waals surface area contributed by atoms with E-state index in [4.69, 9.17) is 10.7 Å². The van der Waals surface area contributed by atoms with Crippen LogP contribution in [0.3, 0.4) is 0 Å². The standard InChI is InChI=1S/C12H15ClN2O4S/c1-9-4-2-6-14(8-9)11(16)10-5-3-7-15(17)12(10)20(13,18)19/h3,5,7,9H,2,4,6,8H2,1H3/t9-/m0/s1. The van der Waals surface area contributed by atoms with Gasteiger partial charge in [-0.1, -0.05) is 6.92 Å². The Morgan fingerprint density at radius 1 is 1.55 bits per heavy atom. The van der Waals surface area contributed by atoms with E-state index in [-0.39, 0.29) is 10.3 Å². The Bertz CT molecular complexity index is 632. The van der Waals surface area contributed by atoms with Crippen molar-refractivity contribution in [3.63, 3.8) is 0 Å². The normalized spacial score (nSPS) is 19.9. The fourth-order valence-electron chi connectivity index (χ4n) is 2.42. The molecule has 20 heavy (non-hydrogen) atoms. The van der Waals surface area contributed by atoms with Crippen LogP contribution in [0.4, 0.5) is 0 Å². The molecule has 0 unspecified atom stereocenters. The summed E-state index contributed by atoms with van der Waals surface area (Å²) in [5.41, 5.74) is -0.174. The maximum absolute atomic E-state index is 12.4. The number of carbonyl (C=O) groups excluding carboxylic acids is 1. The second-order valence-corrected chi connectivity index (χ2v) is 7.47. The van der Waals surface area contributed by atoms with E-state index in [2.05, 4.69) is 0 Å². The van der Waals surface area contributed by atoms with Gasteiger partial charge >= 0.3 is 14.1 Å². The highest BCUT2D eigenvalue weighted by molar-refractivity contribution is 8.13. The second kappa shape index (κ2) is 5.57. The molecule has 110 valence electrons. The number of hydrogen-bond donors (Lipinski definition) is 0. The van der Waals surface area contributed by atoms with Crippen LogP contribution in [0.1, 0.15) is 30.1 Å². The summed E-state index contributed by atoms with van der Waals surface area (Å²) < 4.78 is 23.1. The summed E-state index contributed by atoms with van der Waals surface area (Å²) >= 11 is 0. The van der Waals surface area contributed by atoms with Crippen LogP contribution in [0.15, 0.2) is 23.4 Å². The van der Waals surface area contributed by atoms with Crippen molar-refractivity contribution in [3.05, 3.63) is 29.1 Å². The summed E-state index contributed by atoms with van der Waals surface area (Å²) in [7, 11) is 0.975. The van der Waals surface area contributed by atoms with Crippen molar-refractivity contribution in [1.82, 2.24) is 4.90 Å². The Labute approximate surface area is 122 Å². The van der Waals surface area contributed by atoms with Crippen LogP contribution in [0.2, 0.25) is 0 Å². The van der Waals surface area contributed by atoms with Crippen LogP contribution >= 0.6 is 10.7 Å². The maximum Gasteiger partial charge on any atom is 0.336 e. The van der Waals surface area contributed by atoms with Crippen LogP contribution in [-0.4, -0.2) is 32.3 Å². The molecular weight excluding hydrogens is 304 g/mol. The first kappa shape index (κ1) is 15.1. The average molecular weight is 319 g/mol. The van der Waals surface area contributed by atoms with Crippen molar-refractivity contribution in [3.8, 4) is 0 Å². The van der Waals surface area contributed by atoms with Crippen LogP contribution in [0, 0.1) is 11.1 Å². The first-order valence-electron chi connectivity index (χ1n) is 6.27. The molecule has 0 saturated carbocycles. The largest absolute Gasteiger partial charge is 0.618 e. The molecule has 8 heteroatoms. The zero-order chi connectivity index (χ0) is 14.9. The number of piperidine rings is 1. The van der Waals surface area contributed by atoms with Gasteiger partial charge < -0.3 is 10.1 Å². The molecule has 1 atom stereocenters. The summed E-state index contributed by atoms with van der Waals surface area (Å²) in [5, 5.41) is 10.9. The Balaban J connectivity index is 2.43. The number of likely N-dealkylation sites (tertiary alicyclic amines) is 1. The van der Waals surface area contributed by atoms with E-state index >= 15 is 0 Å². The highest BCUT2D eigenvalue weighted by Crippen LogP contribution is 2.21. The minimum Gasteiger partial charge on any atom is -0.618 e. The number of carbonyl (C=O) groups is 1. The Morgan fingerprint density at radius 3 is 2.85 bits per heavy atom. The Kier molecular flexibility index (Phi) is 4.19. The molecule has 1 saturated heterocycles. The molecule has 2 heterocycles. The van der Waals surface area contributed by atoms with Gasteiger partial charge in [0.15, 0.2) is 6.20 Å². The zero-order valence-corrected chi connectivity index (χ0v) is 12.5. The lowest BCUT2D eigenvalue weighted by molar-refractivity contribution is -0.646. The summed E-state index contributed by atoms with van der Waals surface area (Å²) in [6.07, 6.45) is 2.89. The average Bonchev–Trinajstić information content (AvgIpc) is 2.36. The van der Waals surface area contributed by atoms with E-state index in [1.54, 1.807) is 4.90 Å². The van der Waals surface area contributed by atoms with E-state index in [0.717, 1.165) is 19.0 Å². The molecule has 1 amide bonds. The lowest BCUT2D eigenvalue weighted by Crippen LogP contribution is -2.42. The molecule has 0 radical (unpaired) electrons. The van der Waals surface area contributed by atoms with Crippen molar-refractivity contribution in [2.45, 2.75) is 24.8 Å². The van der Waals surface area contributed by atoms with Gasteiger partial charge in [-0.2, -0.15) is 4.73 Å². The third-order valence-electron chi connectivity index (χ3n) is 3.32. The van der Waals surface area contributed by atoms with E-state index in [1.807, 2.05) is 6.92 Å². The van der Waals surface area contributed by atoms with Gasteiger partial charge in [0.05, 0.1) is 0 Å². The Morgan fingerprint density at radius 2 is 2.25 bits per heavy atom. The molecular formula is C12H15ClN2O4S. The topological polar surface area (TPSA) is 81.4 Å². The van der Waals surface area contributed by atoms with Crippen LogP contribution in [0.25, 0.3) is 0 Å². The van der Waals surface area contributed by atoms with Crippen molar-refractivity contribution in [2.24, 2.45) is 5.92 Å². The van der Waals surface area contributed by atoms with Crippen molar-refractivity contribution in [2.75, 3.05) is 13.1 Å². The van der Waals surface area contributed by atoms with Gasteiger partial charge in [0, 0.05) is 29.8 Å². The number of aromatic nitrogens is 1. The fourth-order valence-corrected chi connectivity index (χ4v) is 3.57. The monoisotopic (exact) mass is 318 g/mol. The lowest BCUT2D eigenvalue weighted by atomic mass is 10.00. The van der Waals surface area contributed by atoms with Gasteiger partial charge in [-0.05, 0) is 24.8 Å². The van der Waals surface area contributed by atoms with E-state index in [9.17, 15) is 18.4 Å².